The normalized spacial score (nSPS) is 19.5. The molecule has 1 aliphatic heterocycles. The number of rotatable bonds is 3. The summed E-state index contributed by atoms with van der Waals surface area (Å²) in [6, 6.07) is 1.77. The molecule has 2 aromatic rings. The standard InChI is InChI=1S/C17H20N4O3/c22-15(14-12-4-1-2-5-13(12)24-21-14)20-17(6-10-23-11-7-17)16-18-8-3-9-19-16/h3,8-9H,1-2,4-7,10-11H2,(H,20,22). The van der Waals surface area contributed by atoms with Crippen molar-refractivity contribution in [3.8, 4) is 0 Å². The van der Waals surface area contributed by atoms with Crippen molar-refractivity contribution in [3.63, 3.8) is 0 Å². The first-order chi connectivity index (χ1) is 11.8. The average molecular weight is 328 g/mol. The Kier molecular flexibility index (Phi) is 4.02. The first-order valence-electron chi connectivity index (χ1n) is 8.44. The summed E-state index contributed by atoms with van der Waals surface area (Å²) in [5, 5.41) is 7.16. The van der Waals surface area contributed by atoms with E-state index in [1.54, 1.807) is 18.5 Å². The van der Waals surface area contributed by atoms with Gasteiger partial charge >= 0.3 is 0 Å². The fraction of sp³-hybridized carbons (Fsp3) is 0.529. The molecule has 1 aliphatic carbocycles. The zero-order valence-electron chi connectivity index (χ0n) is 13.5. The summed E-state index contributed by atoms with van der Waals surface area (Å²) in [7, 11) is 0. The summed E-state index contributed by atoms with van der Waals surface area (Å²) in [6.45, 7) is 1.13. The van der Waals surface area contributed by atoms with Crippen LogP contribution in [0.1, 0.15) is 53.3 Å². The Hall–Kier alpha value is -2.28. The van der Waals surface area contributed by atoms with Gasteiger partial charge < -0.3 is 14.6 Å². The van der Waals surface area contributed by atoms with Gasteiger partial charge in [0.25, 0.3) is 5.91 Å². The predicted octanol–water partition coefficient (Wildman–Crippen LogP) is 1.78. The second-order valence-electron chi connectivity index (χ2n) is 6.36. The van der Waals surface area contributed by atoms with Crippen LogP contribution in [-0.2, 0) is 23.1 Å². The maximum absolute atomic E-state index is 12.9. The van der Waals surface area contributed by atoms with Crippen molar-refractivity contribution in [2.45, 2.75) is 44.1 Å². The molecule has 2 aromatic heterocycles. The van der Waals surface area contributed by atoms with E-state index >= 15 is 0 Å². The highest BCUT2D eigenvalue weighted by Gasteiger charge is 2.40. The number of aromatic nitrogens is 3. The quantitative estimate of drug-likeness (QED) is 0.923. The molecular formula is C17H20N4O3. The van der Waals surface area contributed by atoms with Gasteiger partial charge in [-0.25, -0.2) is 9.97 Å². The van der Waals surface area contributed by atoms with Crippen LogP contribution in [0, 0.1) is 0 Å². The molecule has 0 radical (unpaired) electrons. The molecule has 0 atom stereocenters. The van der Waals surface area contributed by atoms with Gasteiger partial charge in [0, 0.05) is 50.4 Å². The lowest BCUT2D eigenvalue weighted by Gasteiger charge is -2.36. The van der Waals surface area contributed by atoms with Crippen LogP contribution in [0.5, 0.6) is 0 Å². The maximum Gasteiger partial charge on any atom is 0.274 e. The van der Waals surface area contributed by atoms with E-state index in [1.807, 2.05) is 0 Å². The lowest BCUT2D eigenvalue weighted by molar-refractivity contribution is 0.0311. The number of carbonyl (C=O) groups is 1. The van der Waals surface area contributed by atoms with Gasteiger partial charge in [0.15, 0.2) is 11.5 Å². The van der Waals surface area contributed by atoms with Crippen LogP contribution in [-0.4, -0.2) is 34.2 Å². The molecule has 0 spiro atoms. The number of hydrogen-bond donors (Lipinski definition) is 1. The molecule has 1 amide bonds. The zero-order valence-corrected chi connectivity index (χ0v) is 13.5. The van der Waals surface area contributed by atoms with E-state index in [0.29, 0.717) is 37.6 Å². The minimum atomic E-state index is -0.614. The molecule has 2 aliphatic rings. The summed E-state index contributed by atoms with van der Waals surface area (Å²) in [5.74, 6) is 1.26. The van der Waals surface area contributed by atoms with Crippen molar-refractivity contribution in [2.75, 3.05) is 13.2 Å². The number of fused-ring (bicyclic) bond motifs is 1. The van der Waals surface area contributed by atoms with Crippen LogP contribution in [0.25, 0.3) is 0 Å². The van der Waals surface area contributed by atoms with Gasteiger partial charge in [-0.2, -0.15) is 0 Å². The first-order valence-corrected chi connectivity index (χ1v) is 8.44. The van der Waals surface area contributed by atoms with E-state index in [2.05, 4.69) is 20.4 Å². The lowest BCUT2D eigenvalue weighted by atomic mass is 9.88. The van der Waals surface area contributed by atoms with Crippen molar-refractivity contribution in [3.05, 3.63) is 41.3 Å². The second-order valence-corrected chi connectivity index (χ2v) is 6.36. The van der Waals surface area contributed by atoms with Crippen LogP contribution in [0.4, 0.5) is 0 Å². The topological polar surface area (TPSA) is 90.1 Å². The number of amides is 1. The Balaban J connectivity index is 1.63. The molecule has 126 valence electrons. The number of hydrogen-bond acceptors (Lipinski definition) is 6. The summed E-state index contributed by atoms with van der Waals surface area (Å²) >= 11 is 0. The molecular weight excluding hydrogens is 308 g/mol. The second kappa shape index (κ2) is 6.32. The van der Waals surface area contributed by atoms with E-state index in [0.717, 1.165) is 37.0 Å². The Labute approximate surface area is 139 Å². The fourth-order valence-corrected chi connectivity index (χ4v) is 3.51. The Morgan fingerprint density at radius 3 is 2.67 bits per heavy atom. The third-order valence-electron chi connectivity index (χ3n) is 4.86. The summed E-state index contributed by atoms with van der Waals surface area (Å²) in [4.78, 5) is 21.6. The van der Waals surface area contributed by atoms with Crippen molar-refractivity contribution < 1.29 is 14.1 Å². The Bertz CT molecular complexity index is 723. The molecule has 0 unspecified atom stereocenters. The van der Waals surface area contributed by atoms with Crippen molar-refractivity contribution in [2.24, 2.45) is 0 Å². The van der Waals surface area contributed by atoms with E-state index in [-0.39, 0.29) is 5.91 Å². The monoisotopic (exact) mass is 328 g/mol. The SMILES string of the molecule is O=C(NC1(c2ncccn2)CCOCC1)c1noc2c1CCCC2. The predicted molar refractivity (Wildman–Crippen MR) is 84.4 cm³/mol. The molecule has 0 saturated carbocycles. The number of carbonyl (C=O) groups excluding carboxylic acids is 1. The molecule has 1 N–H and O–H groups in total. The van der Waals surface area contributed by atoms with E-state index in [4.69, 9.17) is 9.26 Å². The Morgan fingerprint density at radius 1 is 1.12 bits per heavy atom. The molecule has 0 aromatic carbocycles. The van der Waals surface area contributed by atoms with E-state index in [1.165, 1.54) is 0 Å². The molecule has 24 heavy (non-hydrogen) atoms. The van der Waals surface area contributed by atoms with Gasteiger partial charge in [0.05, 0.1) is 0 Å². The zero-order chi connectivity index (χ0) is 16.4. The van der Waals surface area contributed by atoms with Gasteiger partial charge in [-0.3, -0.25) is 4.79 Å². The largest absolute Gasteiger partial charge is 0.381 e. The molecule has 3 heterocycles. The van der Waals surface area contributed by atoms with Crippen LogP contribution in [0.2, 0.25) is 0 Å². The Morgan fingerprint density at radius 2 is 1.88 bits per heavy atom. The third kappa shape index (κ3) is 2.69. The smallest absolute Gasteiger partial charge is 0.274 e. The molecule has 1 fully saturated rings. The highest BCUT2D eigenvalue weighted by Crippen LogP contribution is 2.31. The van der Waals surface area contributed by atoms with Gasteiger partial charge in [-0.15, -0.1) is 0 Å². The van der Waals surface area contributed by atoms with Gasteiger partial charge in [0.1, 0.15) is 11.3 Å². The number of nitrogens with one attached hydrogen (secondary N) is 1. The van der Waals surface area contributed by atoms with Gasteiger partial charge in [0.2, 0.25) is 0 Å². The highest BCUT2D eigenvalue weighted by atomic mass is 16.5. The average Bonchev–Trinajstić information content (AvgIpc) is 3.07. The molecule has 1 saturated heterocycles. The molecule has 7 heteroatoms. The van der Waals surface area contributed by atoms with Crippen LogP contribution in [0.15, 0.2) is 23.0 Å². The highest BCUT2D eigenvalue weighted by molar-refractivity contribution is 5.94. The first kappa shape index (κ1) is 15.3. The van der Waals surface area contributed by atoms with Crippen molar-refractivity contribution in [1.29, 1.82) is 0 Å². The number of aryl methyl sites for hydroxylation is 1. The van der Waals surface area contributed by atoms with Crippen LogP contribution in [0.3, 0.4) is 0 Å². The lowest BCUT2D eigenvalue weighted by Crippen LogP contribution is -2.50. The molecule has 4 rings (SSSR count). The van der Waals surface area contributed by atoms with Crippen LogP contribution >= 0.6 is 0 Å². The van der Waals surface area contributed by atoms with Crippen molar-refractivity contribution in [1.82, 2.24) is 20.4 Å². The van der Waals surface area contributed by atoms with E-state index < -0.39 is 5.54 Å². The summed E-state index contributed by atoms with van der Waals surface area (Å²) in [5.41, 5.74) is 0.748. The van der Waals surface area contributed by atoms with E-state index in [9.17, 15) is 4.79 Å². The molecule has 7 nitrogen and oxygen atoms in total. The fourth-order valence-electron chi connectivity index (χ4n) is 3.51. The van der Waals surface area contributed by atoms with Crippen molar-refractivity contribution >= 4 is 5.91 Å². The molecule has 0 bridgehead atoms. The minimum absolute atomic E-state index is 0.212. The van der Waals surface area contributed by atoms with Gasteiger partial charge in [-0.1, -0.05) is 5.16 Å². The third-order valence-corrected chi connectivity index (χ3v) is 4.86. The maximum atomic E-state index is 12.9. The minimum Gasteiger partial charge on any atom is -0.381 e. The summed E-state index contributed by atoms with van der Waals surface area (Å²) in [6.07, 6.45) is 8.53. The number of ether oxygens (including phenoxy) is 1. The summed E-state index contributed by atoms with van der Waals surface area (Å²) < 4.78 is 10.8. The number of nitrogens with zero attached hydrogens (tertiary/aromatic N) is 3. The van der Waals surface area contributed by atoms with Crippen LogP contribution < -0.4 is 5.32 Å². The van der Waals surface area contributed by atoms with Gasteiger partial charge in [-0.05, 0) is 25.3 Å².